The van der Waals surface area contributed by atoms with Crippen molar-refractivity contribution in [3.8, 4) is 23.3 Å². The third-order valence-electron chi connectivity index (χ3n) is 3.60. The van der Waals surface area contributed by atoms with Gasteiger partial charge in [-0.2, -0.15) is 5.26 Å². The maximum atomic E-state index is 12.5. The molecule has 0 spiro atoms. The smallest absolute Gasteiger partial charge is 0.266 e. The zero-order valence-electron chi connectivity index (χ0n) is 15.6. The zero-order valence-corrected chi connectivity index (χ0v) is 15.6. The number of ether oxygens (including phenoxy) is 3. The average molecular weight is 366 g/mol. The van der Waals surface area contributed by atoms with Gasteiger partial charge in [-0.1, -0.05) is 18.2 Å². The number of nitrogens with zero attached hydrogens (tertiary/aromatic N) is 1. The Kier molecular flexibility index (Phi) is 7.26. The first-order chi connectivity index (χ1) is 13.1. The van der Waals surface area contributed by atoms with Crippen LogP contribution >= 0.6 is 0 Å². The second kappa shape index (κ2) is 9.88. The number of methoxy groups -OCH3 is 1. The molecule has 6 nitrogen and oxygen atoms in total. The van der Waals surface area contributed by atoms with E-state index in [0.29, 0.717) is 41.7 Å². The van der Waals surface area contributed by atoms with Crippen molar-refractivity contribution < 1.29 is 19.0 Å². The van der Waals surface area contributed by atoms with E-state index < -0.39 is 5.91 Å². The normalized spacial score (nSPS) is 10.7. The molecule has 0 atom stereocenters. The summed E-state index contributed by atoms with van der Waals surface area (Å²) in [6.45, 7) is 4.76. The van der Waals surface area contributed by atoms with Gasteiger partial charge < -0.3 is 19.5 Å². The van der Waals surface area contributed by atoms with Crippen molar-refractivity contribution >= 4 is 17.7 Å². The van der Waals surface area contributed by atoms with Crippen LogP contribution in [0.4, 0.5) is 5.69 Å². The minimum atomic E-state index is -0.520. The minimum Gasteiger partial charge on any atom is -0.495 e. The molecule has 0 aromatic heterocycles. The highest BCUT2D eigenvalue weighted by Gasteiger charge is 2.13. The van der Waals surface area contributed by atoms with Gasteiger partial charge in [-0.05, 0) is 49.8 Å². The lowest BCUT2D eigenvalue weighted by Crippen LogP contribution is -2.14. The molecule has 0 saturated heterocycles. The van der Waals surface area contributed by atoms with Gasteiger partial charge in [0.2, 0.25) is 0 Å². The van der Waals surface area contributed by atoms with Gasteiger partial charge in [-0.3, -0.25) is 4.79 Å². The lowest BCUT2D eigenvalue weighted by atomic mass is 10.1. The Morgan fingerprint density at radius 1 is 1.07 bits per heavy atom. The molecule has 2 aromatic carbocycles. The van der Waals surface area contributed by atoms with Gasteiger partial charge in [0.15, 0.2) is 11.5 Å². The number of para-hydroxylation sites is 2. The van der Waals surface area contributed by atoms with Crippen LogP contribution < -0.4 is 19.5 Å². The van der Waals surface area contributed by atoms with Gasteiger partial charge >= 0.3 is 0 Å². The number of anilines is 1. The highest BCUT2D eigenvalue weighted by atomic mass is 16.5. The predicted octanol–water partition coefficient (Wildman–Crippen LogP) is 4.04. The van der Waals surface area contributed by atoms with Gasteiger partial charge in [0.1, 0.15) is 17.4 Å². The average Bonchev–Trinajstić information content (AvgIpc) is 2.68. The summed E-state index contributed by atoms with van der Waals surface area (Å²) in [6.07, 6.45) is 1.50. The largest absolute Gasteiger partial charge is 0.495 e. The first-order valence-electron chi connectivity index (χ1n) is 8.58. The number of nitriles is 1. The van der Waals surface area contributed by atoms with Crippen LogP contribution in [0.3, 0.4) is 0 Å². The summed E-state index contributed by atoms with van der Waals surface area (Å²) >= 11 is 0. The van der Waals surface area contributed by atoms with Crippen molar-refractivity contribution in [1.29, 1.82) is 5.26 Å². The van der Waals surface area contributed by atoms with Crippen LogP contribution in [-0.4, -0.2) is 26.2 Å². The molecule has 0 aliphatic rings. The Balaban J connectivity index is 2.28. The molecule has 1 N–H and O–H groups in total. The molecular formula is C21H22N2O4. The van der Waals surface area contributed by atoms with Crippen molar-refractivity contribution in [1.82, 2.24) is 0 Å². The van der Waals surface area contributed by atoms with Crippen LogP contribution in [0.5, 0.6) is 17.2 Å². The molecule has 0 unspecified atom stereocenters. The summed E-state index contributed by atoms with van der Waals surface area (Å²) in [6, 6.07) is 14.2. The maximum Gasteiger partial charge on any atom is 0.266 e. The van der Waals surface area contributed by atoms with E-state index in [1.165, 1.54) is 13.2 Å². The summed E-state index contributed by atoms with van der Waals surface area (Å²) in [4.78, 5) is 12.5. The number of amides is 1. The van der Waals surface area contributed by atoms with Crippen molar-refractivity contribution in [3.63, 3.8) is 0 Å². The lowest BCUT2D eigenvalue weighted by molar-refractivity contribution is -0.112. The Hall–Kier alpha value is -3.46. The number of benzene rings is 2. The molecule has 0 aliphatic heterocycles. The number of nitrogens with one attached hydrogen (secondary N) is 1. The molecule has 140 valence electrons. The van der Waals surface area contributed by atoms with Crippen molar-refractivity contribution in [2.75, 3.05) is 25.6 Å². The summed E-state index contributed by atoms with van der Waals surface area (Å²) in [7, 11) is 1.52. The van der Waals surface area contributed by atoms with E-state index in [9.17, 15) is 10.1 Å². The highest BCUT2D eigenvalue weighted by molar-refractivity contribution is 6.10. The van der Waals surface area contributed by atoms with Crippen LogP contribution in [0.2, 0.25) is 0 Å². The predicted molar refractivity (Wildman–Crippen MR) is 104 cm³/mol. The summed E-state index contributed by atoms with van der Waals surface area (Å²) in [5, 5.41) is 12.1. The van der Waals surface area contributed by atoms with Crippen molar-refractivity contribution in [2.24, 2.45) is 0 Å². The van der Waals surface area contributed by atoms with E-state index >= 15 is 0 Å². The first kappa shape index (κ1) is 19.9. The molecule has 0 bridgehead atoms. The Labute approximate surface area is 159 Å². The number of rotatable bonds is 8. The van der Waals surface area contributed by atoms with Crippen LogP contribution in [-0.2, 0) is 4.79 Å². The van der Waals surface area contributed by atoms with Crippen molar-refractivity contribution in [3.05, 3.63) is 53.6 Å². The lowest BCUT2D eigenvalue weighted by Gasteiger charge is -2.12. The van der Waals surface area contributed by atoms with Gasteiger partial charge in [0.05, 0.1) is 26.0 Å². The van der Waals surface area contributed by atoms with Crippen LogP contribution in [0.15, 0.2) is 48.0 Å². The maximum absolute atomic E-state index is 12.5. The van der Waals surface area contributed by atoms with Crippen molar-refractivity contribution in [2.45, 2.75) is 13.8 Å². The second-order valence-electron chi connectivity index (χ2n) is 5.40. The zero-order chi connectivity index (χ0) is 19.6. The van der Waals surface area contributed by atoms with E-state index in [2.05, 4.69) is 5.32 Å². The number of hydrogen-bond acceptors (Lipinski definition) is 5. The third kappa shape index (κ3) is 5.25. The second-order valence-corrected chi connectivity index (χ2v) is 5.40. The molecule has 27 heavy (non-hydrogen) atoms. The van der Waals surface area contributed by atoms with E-state index in [1.54, 1.807) is 42.5 Å². The van der Waals surface area contributed by atoms with E-state index in [1.807, 2.05) is 19.9 Å². The fourth-order valence-corrected chi connectivity index (χ4v) is 2.41. The molecule has 2 rings (SSSR count). The van der Waals surface area contributed by atoms with Gasteiger partial charge in [-0.25, -0.2) is 0 Å². The van der Waals surface area contributed by atoms with Crippen LogP contribution in [0.25, 0.3) is 6.08 Å². The topological polar surface area (TPSA) is 80.6 Å². The molecule has 0 radical (unpaired) electrons. The highest BCUT2D eigenvalue weighted by Crippen LogP contribution is 2.29. The van der Waals surface area contributed by atoms with E-state index in [-0.39, 0.29) is 5.57 Å². The molecule has 2 aromatic rings. The molecule has 0 saturated carbocycles. The Morgan fingerprint density at radius 2 is 1.78 bits per heavy atom. The SMILES string of the molecule is CCOc1ccc(C=C(C#N)C(=O)Nc2ccccc2OC)cc1OCC. The van der Waals surface area contributed by atoms with Gasteiger partial charge in [0, 0.05) is 0 Å². The van der Waals surface area contributed by atoms with Crippen LogP contribution in [0.1, 0.15) is 19.4 Å². The minimum absolute atomic E-state index is 0.0347. The third-order valence-corrected chi connectivity index (χ3v) is 3.60. The molecule has 0 heterocycles. The molecule has 6 heteroatoms. The first-order valence-corrected chi connectivity index (χ1v) is 8.58. The van der Waals surface area contributed by atoms with Gasteiger partial charge in [-0.15, -0.1) is 0 Å². The number of hydrogen-bond donors (Lipinski definition) is 1. The van der Waals surface area contributed by atoms with Crippen LogP contribution in [0, 0.1) is 11.3 Å². The van der Waals surface area contributed by atoms with E-state index in [0.717, 1.165) is 0 Å². The monoisotopic (exact) mass is 366 g/mol. The fourth-order valence-electron chi connectivity index (χ4n) is 2.41. The summed E-state index contributed by atoms with van der Waals surface area (Å²) in [5.74, 6) is 1.18. The molecule has 0 fully saturated rings. The quantitative estimate of drug-likeness (QED) is 0.563. The van der Waals surface area contributed by atoms with E-state index in [4.69, 9.17) is 14.2 Å². The summed E-state index contributed by atoms with van der Waals surface area (Å²) < 4.78 is 16.3. The number of carbonyl (C=O) groups excluding carboxylic acids is 1. The Morgan fingerprint density at radius 3 is 2.44 bits per heavy atom. The Bertz CT molecular complexity index is 869. The summed E-state index contributed by atoms with van der Waals surface area (Å²) in [5.41, 5.74) is 1.12. The molecule has 1 amide bonds. The molecular weight excluding hydrogens is 344 g/mol. The van der Waals surface area contributed by atoms with Gasteiger partial charge in [0.25, 0.3) is 5.91 Å². The standard InChI is InChI=1S/C21H22N2O4/c1-4-26-19-11-10-15(13-20(19)27-5-2)12-16(14-22)21(24)23-17-8-6-7-9-18(17)25-3/h6-13H,4-5H2,1-3H3,(H,23,24). The number of carbonyl (C=O) groups is 1. The molecule has 0 aliphatic carbocycles. The fraction of sp³-hybridized carbons (Fsp3) is 0.238.